The summed E-state index contributed by atoms with van der Waals surface area (Å²) in [6.45, 7) is 2.06. The number of aromatic nitrogens is 1. The third-order valence-corrected chi connectivity index (χ3v) is 4.56. The average molecular weight is 324 g/mol. The van der Waals surface area contributed by atoms with Gasteiger partial charge >= 0.3 is 0 Å². The normalized spacial score (nSPS) is 10.7. The second-order valence-corrected chi connectivity index (χ2v) is 6.02. The highest BCUT2D eigenvalue weighted by molar-refractivity contribution is 6.13. The Kier molecular flexibility index (Phi) is 3.27. The molecule has 4 heteroatoms. The van der Waals surface area contributed by atoms with Gasteiger partial charge in [-0.05, 0) is 36.8 Å². The predicted molar refractivity (Wildman–Crippen MR) is 94.5 cm³/mol. The maximum absolute atomic E-state index is 9.49. The van der Waals surface area contributed by atoms with Crippen LogP contribution in [0.25, 0.3) is 33.2 Å². The molecule has 4 aromatic rings. The number of benzene rings is 2. The van der Waals surface area contributed by atoms with Gasteiger partial charge in [-0.25, -0.2) is 4.57 Å². The van der Waals surface area contributed by atoms with Gasteiger partial charge in [0.25, 0.3) is 0 Å². The Morgan fingerprint density at radius 2 is 1.84 bits per heavy atom. The lowest BCUT2D eigenvalue weighted by atomic mass is 9.96. The maximum atomic E-state index is 9.49. The molecule has 2 aromatic carbocycles. The second-order valence-electron chi connectivity index (χ2n) is 6.02. The molecule has 0 radical (unpaired) electrons. The van der Waals surface area contributed by atoms with Gasteiger partial charge in [-0.2, -0.15) is 10.5 Å². The predicted octanol–water partition coefficient (Wildman–Crippen LogP) is 4.13. The van der Waals surface area contributed by atoms with Crippen LogP contribution in [0.3, 0.4) is 0 Å². The Morgan fingerprint density at radius 1 is 1.00 bits per heavy atom. The third kappa shape index (κ3) is 2.09. The highest BCUT2D eigenvalue weighted by atomic mass is 16.3. The smallest absolute Gasteiger partial charge is 0.213 e. The Hall–Kier alpha value is -3.63. The van der Waals surface area contributed by atoms with Crippen molar-refractivity contribution in [2.24, 2.45) is 7.05 Å². The summed E-state index contributed by atoms with van der Waals surface area (Å²) in [4.78, 5) is 0. The molecule has 0 fully saturated rings. The molecule has 0 N–H and O–H groups in total. The first kappa shape index (κ1) is 14.9. The van der Waals surface area contributed by atoms with Crippen molar-refractivity contribution in [2.45, 2.75) is 6.92 Å². The van der Waals surface area contributed by atoms with E-state index in [1.807, 2.05) is 43.6 Å². The first-order valence-corrected chi connectivity index (χ1v) is 7.89. The number of fused-ring (bicyclic) bond motifs is 3. The van der Waals surface area contributed by atoms with Crippen LogP contribution in [-0.4, -0.2) is 0 Å². The van der Waals surface area contributed by atoms with E-state index in [9.17, 15) is 10.5 Å². The van der Waals surface area contributed by atoms with Crippen molar-refractivity contribution >= 4 is 21.9 Å². The van der Waals surface area contributed by atoms with E-state index in [4.69, 9.17) is 4.42 Å². The summed E-state index contributed by atoms with van der Waals surface area (Å²) < 4.78 is 8.06. The molecule has 0 aliphatic rings. The summed E-state index contributed by atoms with van der Waals surface area (Å²) in [7, 11) is 2.00. The zero-order chi connectivity index (χ0) is 17.6. The zero-order valence-electron chi connectivity index (χ0n) is 13.9. The zero-order valence-corrected chi connectivity index (χ0v) is 13.9. The summed E-state index contributed by atoms with van der Waals surface area (Å²) in [5, 5.41) is 20.6. The Balaban J connectivity index is 2.23. The van der Waals surface area contributed by atoms with Crippen molar-refractivity contribution < 1.29 is 8.98 Å². The topological polar surface area (TPSA) is 64.6 Å². The van der Waals surface area contributed by atoms with Crippen LogP contribution in [0.15, 0.2) is 53.1 Å². The molecular weight excluding hydrogens is 310 g/mol. The number of hydrogen-bond donors (Lipinski definition) is 0. The molecule has 0 spiro atoms. The van der Waals surface area contributed by atoms with Gasteiger partial charge in [0, 0.05) is 22.9 Å². The number of pyridine rings is 1. The average Bonchev–Trinajstić information content (AvgIpc) is 3.00. The summed E-state index contributed by atoms with van der Waals surface area (Å²) >= 11 is 0. The molecule has 2 heterocycles. The van der Waals surface area contributed by atoms with E-state index in [0.717, 1.165) is 27.6 Å². The van der Waals surface area contributed by atoms with E-state index in [1.54, 1.807) is 6.07 Å². The second kappa shape index (κ2) is 5.47. The van der Waals surface area contributed by atoms with E-state index in [1.165, 1.54) is 0 Å². The minimum absolute atomic E-state index is 0.289. The molecule has 0 bridgehead atoms. The largest absolute Gasteiger partial charge is 0.455 e. The first-order valence-electron chi connectivity index (χ1n) is 7.89. The number of hydrogen-bond acceptors (Lipinski definition) is 3. The van der Waals surface area contributed by atoms with Gasteiger partial charge in [0.1, 0.15) is 30.3 Å². The van der Waals surface area contributed by atoms with Gasteiger partial charge < -0.3 is 4.42 Å². The van der Waals surface area contributed by atoms with Gasteiger partial charge in [0.15, 0.2) is 11.8 Å². The SMILES string of the molecule is Cc1ccc2oc3c(C#N)c(C#N)ccc3c2c1-c1cccc[n+]1C. The van der Waals surface area contributed by atoms with Crippen LogP contribution < -0.4 is 4.57 Å². The molecule has 0 saturated carbocycles. The summed E-state index contributed by atoms with van der Waals surface area (Å²) in [6, 6.07) is 17.7. The van der Waals surface area contributed by atoms with Crippen molar-refractivity contribution in [2.75, 3.05) is 0 Å². The number of aryl methyl sites for hydroxylation is 2. The third-order valence-electron chi connectivity index (χ3n) is 4.56. The molecule has 4 rings (SSSR count). The minimum atomic E-state index is 0.289. The number of furan rings is 1. The van der Waals surface area contributed by atoms with Crippen LogP contribution in [-0.2, 0) is 7.05 Å². The lowest BCUT2D eigenvalue weighted by Gasteiger charge is -2.06. The molecular formula is C21H14N3O+. The van der Waals surface area contributed by atoms with Crippen LogP contribution in [0.1, 0.15) is 16.7 Å². The van der Waals surface area contributed by atoms with Crippen LogP contribution in [0.2, 0.25) is 0 Å². The molecule has 4 nitrogen and oxygen atoms in total. The fourth-order valence-corrected chi connectivity index (χ4v) is 3.35. The van der Waals surface area contributed by atoms with E-state index < -0.39 is 0 Å². The Bertz CT molecular complexity index is 1240. The molecule has 25 heavy (non-hydrogen) atoms. The fourth-order valence-electron chi connectivity index (χ4n) is 3.35. The highest BCUT2D eigenvalue weighted by Gasteiger charge is 2.22. The molecule has 118 valence electrons. The highest BCUT2D eigenvalue weighted by Crippen LogP contribution is 2.39. The van der Waals surface area contributed by atoms with Gasteiger partial charge in [-0.3, -0.25) is 0 Å². The molecule has 0 unspecified atom stereocenters. The number of rotatable bonds is 1. The Labute approximate surface area is 144 Å². The monoisotopic (exact) mass is 324 g/mol. The summed E-state index contributed by atoms with van der Waals surface area (Å²) in [5.41, 5.74) is 5.08. The quantitative estimate of drug-likeness (QED) is 0.495. The van der Waals surface area contributed by atoms with Crippen LogP contribution in [0, 0.1) is 29.6 Å². The lowest BCUT2D eigenvalue weighted by molar-refractivity contribution is -0.660. The number of nitriles is 2. The van der Waals surface area contributed by atoms with Gasteiger partial charge in [0.2, 0.25) is 5.69 Å². The van der Waals surface area contributed by atoms with Gasteiger partial charge in [0.05, 0.1) is 11.1 Å². The van der Waals surface area contributed by atoms with E-state index in [2.05, 4.69) is 29.7 Å². The maximum Gasteiger partial charge on any atom is 0.213 e. The van der Waals surface area contributed by atoms with Gasteiger partial charge in [-0.1, -0.05) is 6.07 Å². The summed E-state index contributed by atoms with van der Waals surface area (Å²) in [5.74, 6) is 0. The molecule has 0 aliphatic heterocycles. The molecule has 0 saturated heterocycles. The molecule has 2 aromatic heterocycles. The standard InChI is InChI=1S/C21H14N3O/c1-13-6-9-18-20(19(13)17-5-3-4-10-24(17)2)15-8-7-14(11-22)16(12-23)21(15)25-18/h3-10H,1-2H3/q+1. The van der Waals surface area contributed by atoms with Crippen LogP contribution in [0.4, 0.5) is 0 Å². The molecule has 0 aliphatic carbocycles. The Morgan fingerprint density at radius 3 is 2.56 bits per heavy atom. The summed E-state index contributed by atoms with van der Waals surface area (Å²) in [6.07, 6.45) is 2.00. The van der Waals surface area contributed by atoms with Gasteiger partial charge in [-0.15, -0.1) is 0 Å². The fraction of sp³-hybridized carbons (Fsp3) is 0.0952. The van der Waals surface area contributed by atoms with E-state index in [-0.39, 0.29) is 5.56 Å². The van der Waals surface area contributed by atoms with Crippen molar-refractivity contribution in [1.82, 2.24) is 0 Å². The van der Waals surface area contributed by atoms with Crippen molar-refractivity contribution in [1.29, 1.82) is 10.5 Å². The van der Waals surface area contributed by atoms with E-state index >= 15 is 0 Å². The minimum Gasteiger partial charge on any atom is -0.455 e. The number of nitrogens with zero attached hydrogens (tertiary/aromatic N) is 3. The molecule has 0 atom stereocenters. The van der Waals surface area contributed by atoms with Crippen molar-refractivity contribution in [3.05, 3.63) is 65.4 Å². The molecule has 0 amide bonds. The van der Waals surface area contributed by atoms with Crippen molar-refractivity contribution in [3.8, 4) is 23.4 Å². The van der Waals surface area contributed by atoms with Crippen molar-refractivity contribution in [3.63, 3.8) is 0 Å². The van der Waals surface area contributed by atoms with Crippen LogP contribution >= 0.6 is 0 Å². The lowest BCUT2D eigenvalue weighted by Crippen LogP contribution is -2.30. The van der Waals surface area contributed by atoms with E-state index in [0.29, 0.717) is 16.7 Å². The first-order chi connectivity index (χ1) is 12.2. The van der Waals surface area contributed by atoms with Crippen LogP contribution in [0.5, 0.6) is 0 Å².